The smallest absolute Gasteiger partial charge is 0.306 e. The molecule has 1 aliphatic heterocycles. The highest BCUT2D eigenvalue weighted by atomic mass is 16.5. The normalized spacial score (nSPS) is 34.1. The van der Waals surface area contributed by atoms with Crippen molar-refractivity contribution in [2.75, 3.05) is 6.61 Å². The molecule has 2 atom stereocenters. The predicted molar refractivity (Wildman–Crippen MR) is 87.9 cm³/mol. The number of carbonyl (C=O) groups excluding carboxylic acids is 1. The van der Waals surface area contributed by atoms with Crippen molar-refractivity contribution in [3.63, 3.8) is 0 Å². The van der Waals surface area contributed by atoms with Crippen molar-refractivity contribution in [2.45, 2.75) is 50.0 Å². The van der Waals surface area contributed by atoms with Crippen LogP contribution in [0.2, 0.25) is 0 Å². The third kappa shape index (κ3) is 2.56. The van der Waals surface area contributed by atoms with E-state index >= 15 is 0 Å². The molecule has 1 spiro atoms. The lowest BCUT2D eigenvalue weighted by molar-refractivity contribution is -0.142. The highest BCUT2D eigenvalue weighted by molar-refractivity contribution is 5.85. The van der Waals surface area contributed by atoms with Crippen LogP contribution in [0.3, 0.4) is 0 Å². The zero-order chi connectivity index (χ0) is 16.7. The molecule has 2 N–H and O–H groups in total. The summed E-state index contributed by atoms with van der Waals surface area (Å²) >= 11 is 0. The minimum atomic E-state index is -0.709. The molecule has 1 aromatic rings. The Morgan fingerprint density at radius 2 is 1.92 bits per heavy atom. The molecule has 5 heteroatoms. The number of fused-ring (bicyclic) bond motifs is 2. The van der Waals surface area contributed by atoms with E-state index in [9.17, 15) is 9.59 Å². The van der Waals surface area contributed by atoms with Gasteiger partial charge in [0.1, 0.15) is 5.75 Å². The summed E-state index contributed by atoms with van der Waals surface area (Å²) in [5, 5.41) is 12.2. The fourth-order valence-electron chi connectivity index (χ4n) is 4.49. The standard InChI is InChI=1S/C19H23NO4/c21-17(20-13-7-5-12(6-8-13)18(22)23)15-11-19(15)9-10-24-16-4-2-1-3-14(16)19/h1-4,12-13,15H,5-11H2,(H,20,21)(H,22,23). The van der Waals surface area contributed by atoms with E-state index in [0.29, 0.717) is 19.4 Å². The van der Waals surface area contributed by atoms with E-state index in [1.807, 2.05) is 18.2 Å². The van der Waals surface area contributed by atoms with Crippen molar-refractivity contribution in [3.05, 3.63) is 29.8 Å². The maximum absolute atomic E-state index is 12.7. The Balaban J connectivity index is 1.39. The molecule has 24 heavy (non-hydrogen) atoms. The topological polar surface area (TPSA) is 75.6 Å². The van der Waals surface area contributed by atoms with Gasteiger partial charge in [0.25, 0.3) is 0 Å². The van der Waals surface area contributed by atoms with Gasteiger partial charge in [-0.1, -0.05) is 18.2 Å². The van der Waals surface area contributed by atoms with Gasteiger partial charge in [0.05, 0.1) is 12.5 Å². The van der Waals surface area contributed by atoms with E-state index in [4.69, 9.17) is 9.84 Å². The van der Waals surface area contributed by atoms with E-state index in [-0.39, 0.29) is 29.2 Å². The molecule has 0 aromatic heterocycles. The fraction of sp³-hybridized carbons (Fsp3) is 0.579. The molecule has 0 radical (unpaired) electrons. The Kier molecular flexibility index (Phi) is 3.74. The van der Waals surface area contributed by atoms with E-state index in [2.05, 4.69) is 11.4 Å². The second-order valence-corrected chi connectivity index (χ2v) is 7.40. The van der Waals surface area contributed by atoms with Crippen LogP contribution in [-0.4, -0.2) is 29.6 Å². The molecule has 2 unspecified atom stereocenters. The van der Waals surface area contributed by atoms with E-state index in [1.54, 1.807) is 0 Å². The van der Waals surface area contributed by atoms with Crippen LogP contribution >= 0.6 is 0 Å². The highest BCUT2D eigenvalue weighted by Crippen LogP contribution is 2.60. The Hall–Kier alpha value is -2.04. The van der Waals surface area contributed by atoms with Crippen molar-refractivity contribution in [2.24, 2.45) is 11.8 Å². The van der Waals surface area contributed by atoms with Gasteiger partial charge in [-0.3, -0.25) is 9.59 Å². The molecule has 0 saturated heterocycles. The number of benzene rings is 1. The summed E-state index contributed by atoms with van der Waals surface area (Å²) in [7, 11) is 0. The number of rotatable bonds is 3. The molecule has 128 valence electrons. The molecule has 0 bridgehead atoms. The van der Waals surface area contributed by atoms with Gasteiger partial charge in [-0.25, -0.2) is 0 Å². The number of carbonyl (C=O) groups is 2. The SMILES string of the molecule is O=C(O)C1CCC(NC(=O)C2CC23CCOc2ccccc23)CC1. The van der Waals surface area contributed by atoms with Crippen LogP contribution < -0.4 is 10.1 Å². The highest BCUT2D eigenvalue weighted by Gasteiger charge is 2.61. The third-order valence-electron chi connectivity index (χ3n) is 6.04. The number of hydrogen-bond donors (Lipinski definition) is 2. The van der Waals surface area contributed by atoms with Gasteiger partial charge in [0, 0.05) is 22.9 Å². The van der Waals surface area contributed by atoms with Gasteiger partial charge in [-0.2, -0.15) is 0 Å². The second-order valence-electron chi connectivity index (χ2n) is 7.40. The minimum absolute atomic E-state index is 0.0275. The lowest BCUT2D eigenvalue weighted by atomic mass is 9.85. The van der Waals surface area contributed by atoms with Crippen LogP contribution in [-0.2, 0) is 15.0 Å². The van der Waals surface area contributed by atoms with Gasteiger partial charge < -0.3 is 15.2 Å². The van der Waals surface area contributed by atoms with Crippen molar-refractivity contribution >= 4 is 11.9 Å². The first kappa shape index (κ1) is 15.5. The van der Waals surface area contributed by atoms with Gasteiger partial charge >= 0.3 is 5.97 Å². The Morgan fingerprint density at radius 3 is 2.67 bits per heavy atom. The molecule has 5 nitrogen and oxygen atoms in total. The molecular weight excluding hydrogens is 306 g/mol. The van der Waals surface area contributed by atoms with Crippen molar-refractivity contribution in [1.82, 2.24) is 5.32 Å². The first-order chi connectivity index (χ1) is 11.6. The van der Waals surface area contributed by atoms with Crippen molar-refractivity contribution in [3.8, 4) is 5.75 Å². The molecule has 2 aliphatic carbocycles. The number of ether oxygens (including phenoxy) is 1. The van der Waals surface area contributed by atoms with Crippen LogP contribution in [0, 0.1) is 11.8 Å². The minimum Gasteiger partial charge on any atom is -0.493 e. The van der Waals surface area contributed by atoms with Crippen molar-refractivity contribution < 1.29 is 19.4 Å². The van der Waals surface area contributed by atoms with E-state index in [0.717, 1.165) is 31.4 Å². The summed E-state index contributed by atoms with van der Waals surface area (Å²) in [6, 6.07) is 8.17. The molecule has 3 aliphatic rings. The molecule has 1 aromatic carbocycles. The maximum Gasteiger partial charge on any atom is 0.306 e. The Bertz CT molecular complexity index is 665. The summed E-state index contributed by atoms with van der Waals surface area (Å²) in [6.45, 7) is 0.671. The van der Waals surface area contributed by atoms with Crippen LogP contribution in [0.1, 0.15) is 44.1 Å². The average Bonchev–Trinajstić information content (AvgIpc) is 3.31. The number of hydrogen-bond acceptors (Lipinski definition) is 3. The number of carboxylic acids is 1. The number of aliphatic carboxylic acids is 1. The van der Waals surface area contributed by atoms with Crippen molar-refractivity contribution in [1.29, 1.82) is 0 Å². The summed E-state index contributed by atoms with van der Waals surface area (Å²) in [5.41, 5.74) is 1.13. The van der Waals surface area contributed by atoms with Gasteiger partial charge in [0.15, 0.2) is 0 Å². The third-order valence-corrected chi connectivity index (χ3v) is 6.04. The Morgan fingerprint density at radius 1 is 1.17 bits per heavy atom. The molecule has 2 saturated carbocycles. The van der Waals surface area contributed by atoms with Crippen LogP contribution in [0.15, 0.2) is 24.3 Å². The number of carboxylic acid groups (broad SMARTS) is 1. The summed E-state index contributed by atoms with van der Waals surface area (Å²) in [4.78, 5) is 23.7. The molecular formula is C19H23NO4. The molecule has 2 fully saturated rings. The largest absolute Gasteiger partial charge is 0.493 e. The molecule has 1 amide bonds. The first-order valence-electron chi connectivity index (χ1n) is 8.86. The quantitative estimate of drug-likeness (QED) is 0.893. The molecule has 1 heterocycles. The number of amides is 1. The van der Waals surface area contributed by atoms with Crippen LogP contribution in [0.25, 0.3) is 0 Å². The lowest BCUT2D eigenvalue weighted by Gasteiger charge is -2.29. The lowest BCUT2D eigenvalue weighted by Crippen LogP contribution is -2.41. The first-order valence-corrected chi connectivity index (χ1v) is 8.86. The average molecular weight is 329 g/mol. The zero-order valence-corrected chi connectivity index (χ0v) is 13.7. The van der Waals surface area contributed by atoms with E-state index < -0.39 is 5.97 Å². The summed E-state index contributed by atoms with van der Waals surface area (Å²) in [6.07, 6.45) is 4.64. The molecule has 4 rings (SSSR count). The van der Waals surface area contributed by atoms with E-state index in [1.165, 1.54) is 5.56 Å². The fourth-order valence-corrected chi connectivity index (χ4v) is 4.49. The zero-order valence-electron chi connectivity index (χ0n) is 13.7. The van der Waals surface area contributed by atoms with Gasteiger partial charge in [-0.15, -0.1) is 0 Å². The van der Waals surface area contributed by atoms with Gasteiger partial charge in [-0.05, 0) is 44.6 Å². The summed E-state index contributed by atoms with van der Waals surface area (Å²) < 4.78 is 5.72. The van der Waals surface area contributed by atoms with Crippen LogP contribution in [0.5, 0.6) is 5.75 Å². The Labute approximate surface area is 141 Å². The monoisotopic (exact) mass is 329 g/mol. The summed E-state index contributed by atoms with van der Waals surface area (Å²) in [5.74, 6) is 0.124. The number of nitrogens with one attached hydrogen (secondary N) is 1. The maximum atomic E-state index is 12.7. The second kappa shape index (κ2) is 5.80. The number of para-hydroxylation sites is 1. The predicted octanol–water partition coefficient (Wildman–Crippen LogP) is 2.49. The van der Waals surface area contributed by atoms with Crippen LogP contribution in [0.4, 0.5) is 0 Å². The van der Waals surface area contributed by atoms with Gasteiger partial charge in [0.2, 0.25) is 5.91 Å².